The minimum absolute atomic E-state index is 0.115. The maximum atomic E-state index is 13.1. The first kappa shape index (κ1) is 28.5. The quantitative estimate of drug-likeness (QED) is 0.325. The van der Waals surface area contributed by atoms with Crippen molar-refractivity contribution in [1.82, 2.24) is 19.8 Å². The lowest BCUT2D eigenvalue weighted by molar-refractivity contribution is -0.121. The summed E-state index contributed by atoms with van der Waals surface area (Å²) in [6, 6.07) is 14.7. The average molecular weight is 558 g/mol. The summed E-state index contributed by atoms with van der Waals surface area (Å²) < 4.78 is 1.93. The number of nitriles is 1. The molecule has 10 heteroatoms. The zero-order valence-corrected chi connectivity index (χ0v) is 23.2. The zero-order valence-electron chi connectivity index (χ0n) is 20.8. The van der Waals surface area contributed by atoms with Gasteiger partial charge in [0.1, 0.15) is 0 Å². The molecule has 0 fully saturated rings. The van der Waals surface area contributed by atoms with Gasteiger partial charge in [0.25, 0.3) is 0 Å². The fourth-order valence-electron chi connectivity index (χ4n) is 3.94. The van der Waals surface area contributed by atoms with Gasteiger partial charge in [0.05, 0.1) is 34.4 Å². The first-order chi connectivity index (χ1) is 17.7. The second kappa shape index (κ2) is 13.4. The summed E-state index contributed by atoms with van der Waals surface area (Å²) in [4.78, 5) is 19.2. The van der Waals surface area contributed by atoms with Crippen molar-refractivity contribution in [2.75, 3.05) is 6.54 Å². The van der Waals surface area contributed by atoms with E-state index in [1.165, 1.54) is 0 Å². The number of imidazole rings is 1. The predicted octanol–water partition coefficient (Wildman–Crippen LogP) is 4.93. The first-order valence-corrected chi connectivity index (χ1v) is 13.1. The van der Waals surface area contributed by atoms with Gasteiger partial charge in [-0.1, -0.05) is 67.7 Å². The van der Waals surface area contributed by atoms with Crippen molar-refractivity contribution < 1.29 is 4.79 Å². The van der Waals surface area contributed by atoms with Crippen LogP contribution in [0.4, 0.5) is 0 Å². The molecule has 3 N–H and O–H groups in total. The third kappa shape index (κ3) is 7.93. The molecular formula is C27H30Cl2N6OS. The molecule has 1 heterocycles. The van der Waals surface area contributed by atoms with Crippen LogP contribution in [-0.2, 0) is 24.3 Å². The Balaban J connectivity index is 1.69. The lowest BCUT2D eigenvalue weighted by Crippen LogP contribution is -2.50. The number of aromatic nitrogens is 2. The van der Waals surface area contributed by atoms with Gasteiger partial charge in [-0.25, -0.2) is 4.98 Å². The van der Waals surface area contributed by atoms with Gasteiger partial charge in [-0.3, -0.25) is 4.79 Å². The Labute approximate surface area is 233 Å². The number of carbonyl (C=O) groups is 1. The summed E-state index contributed by atoms with van der Waals surface area (Å²) in [6.07, 6.45) is 4.45. The van der Waals surface area contributed by atoms with Crippen molar-refractivity contribution in [3.05, 3.63) is 87.4 Å². The normalized spacial score (nSPS) is 12.4. The lowest BCUT2D eigenvalue weighted by Gasteiger charge is -2.32. The number of halogens is 2. The Morgan fingerprint density at radius 1 is 1.27 bits per heavy atom. The highest BCUT2D eigenvalue weighted by molar-refractivity contribution is 7.80. The van der Waals surface area contributed by atoms with Crippen LogP contribution in [0.5, 0.6) is 0 Å². The predicted molar refractivity (Wildman–Crippen MR) is 151 cm³/mol. The first-order valence-electron chi connectivity index (χ1n) is 12.0. The van der Waals surface area contributed by atoms with Crippen molar-refractivity contribution in [1.29, 1.82) is 5.26 Å². The molecule has 194 valence electrons. The van der Waals surface area contributed by atoms with E-state index in [1.807, 2.05) is 33.7 Å². The number of nitrogens with two attached hydrogens (primary N) is 1. The van der Waals surface area contributed by atoms with E-state index in [0.29, 0.717) is 35.2 Å². The summed E-state index contributed by atoms with van der Waals surface area (Å²) >= 11 is 17.9. The molecule has 0 saturated heterocycles. The number of hydrogen-bond acceptors (Lipinski definition) is 4. The molecule has 0 unspecified atom stereocenters. The Morgan fingerprint density at radius 2 is 2.00 bits per heavy atom. The zero-order chi connectivity index (χ0) is 26.9. The van der Waals surface area contributed by atoms with Crippen molar-refractivity contribution in [2.24, 2.45) is 11.7 Å². The molecule has 37 heavy (non-hydrogen) atoms. The molecule has 2 atom stereocenters. The van der Waals surface area contributed by atoms with Gasteiger partial charge in [0, 0.05) is 37.6 Å². The van der Waals surface area contributed by atoms with Crippen LogP contribution in [-0.4, -0.2) is 38.1 Å². The molecule has 0 saturated carbocycles. The molecule has 0 spiro atoms. The molecule has 0 aliphatic heterocycles. The number of nitrogens with zero attached hydrogens (tertiary/aromatic N) is 4. The van der Waals surface area contributed by atoms with E-state index < -0.39 is 0 Å². The fourth-order valence-corrected chi connectivity index (χ4v) is 4.46. The number of amides is 1. The van der Waals surface area contributed by atoms with E-state index in [2.05, 4.69) is 30.2 Å². The van der Waals surface area contributed by atoms with Crippen LogP contribution < -0.4 is 11.1 Å². The summed E-state index contributed by atoms with van der Waals surface area (Å²) in [7, 11) is 0. The lowest BCUT2D eigenvalue weighted by atomic mass is 9.98. The van der Waals surface area contributed by atoms with Gasteiger partial charge in [-0.05, 0) is 47.5 Å². The molecule has 0 bridgehead atoms. The topological polar surface area (TPSA) is 100.0 Å². The molecule has 0 aliphatic rings. The molecule has 0 radical (unpaired) electrons. The number of hydrogen-bond donors (Lipinski definition) is 2. The molecule has 0 aliphatic carbocycles. The van der Waals surface area contributed by atoms with Crippen molar-refractivity contribution >= 4 is 46.4 Å². The van der Waals surface area contributed by atoms with E-state index >= 15 is 0 Å². The number of rotatable bonds is 11. The van der Waals surface area contributed by atoms with Crippen LogP contribution in [0.2, 0.25) is 10.0 Å². The SMILES string of the molecule is CC[C@H](C)[C@@H](CN(Cc1cccc(Cl)c1Cl)C(N)=S)NC(=O)Cc1cncn1Cc1ccc(C#N)cc1. The maximum Gasteiger partial charge on any atom is 0.226 e. The summed E-state index contributed by atoms with van der Waals surface area (Å²) in [6.45, 7) is 5.54. The largest absolute Gasteiger partial charge is 0.376 e. The number of carbonyl (C=O) groups excluding carboxylic acids is 1. The van der Waals surface area contributed by atoms with Crippen LogP contribution in [0, 0.1) is 17.2 Å². The summed E-state index contributed by atoms with van der Waals surface area (Å²) in [5.41, 5.74) is 9.28. The Hall–Kier alpha value is -3.12. The minimum atomic E-state index is -0.188. The van der Waals surface area contributed by atoms with Crippen molar-refractivity contribution in [3.63, 3.8) is 0 Å². The van der Waals surface area contributed by atoms with Crippen LogP contribution in [0.3, 0.4) is 0 Å². The molecule has 3 rings (SSSR count). The van der Waals surface area contributed by atoms with Crippen molar-refractivity contribution in [3.8, 4) is 6.07 Å². The second-order valence-corrected chi connectivity index (χ2v) is 10.2. The summed E-state index contributed by atoms with van der Waals surface area (Å²) in [5.74, 6) is 0.0646. The highest BCUT2D eigenvalue weighted by atomic mass is 35.5. The minimum Gasteiger partial charge on any atom is -0.376 e. The number of thiocarbonyl (C=S) groups is 1. The Morgan fingerprint density at radius 3 is 2.65 bits per heavy atom. The van der Waals surface area contributed by atoms with Crippen LogP contribution >= 0.6 is 35.4 Å². The standard InChI is InChI=1S/C27H30Cl2N6OS/c1-3-18(2)24(16-34(27(31)37)15-21-5-4-6-23(28)26(21)29)33-25(36)11-22-13-32-17-35(22)14-20-9-7-19(12-30)8-10-20/h4-10,13,17-18,24H,3,11,14-16H2,1-2H3,(H2,31,37)(H,33,36)/t18-,24+/m0/s1. The number of nitrogens with one attached hydrogen (secondary N) is 1. The van der Waals surface area contributed by atoms with E-state index in [4.69, 9.17) is 46.4 Å². The van der Waals surface area contributed by atoms with E-state index in [-0.39, 0.29) is 29.4 Å². The highest BCUT2D eigenvalue weighted by Crippen LogP contribution is 2.27. The Bertz CT molecular complexity index is 1270. The monoisotopic (exact) mass is 556 g/mol. The molecule has 3 aromatic rings. The molecule has 1 amide bonds. The second-order valence-electron chi connectivity index (χ2n) is 8.99. The molecule has 7 nitrogen and oxygen atoms in total. The third-order valence-corrected chi connectivity index (χ3v) is 7.49. The molecular weight excluding hydrogens is 527 g/mol. The van der Waals surface area contributed by atoms with E-state index in [1.54, 1.807) is 30.7 Å². The van der Waals surface area contributed by atoms with Gasteiger partial charge in [0.15, 0.2) is 5.11 Å². The van der Waals surface area contributed by atoms with Gasteiger partial charge < -0.3 is 20.5 Å². The molecule has 2 aromatic carbocycles. The van der Waals surface area contributed by atoms with Gasteiger partial charge in [0.2, 0.25) is 5.91 Å². The maximum absolute atomic E-state index is 13.1. The number of benzene rings is 2. The van der Waals surface area contributed by atoms with Crippen LogP contribution in [0.1, 0.15) is 42.7 Å². The van der Waals surface area contributed by atoms with Crippen molar-refractivity contribution in [2.45, 2.75) is 45.8 Å². The molecule has 1 aromatic heterocycles. The fraction of sp³-hybridized carbons (Fsp3) is 0.333. The summed E-state index contributed by atoms with van der Waals surface area (Å²) in [5, 5.41) is 13.3. The van der Waals surface area contributed by atoms with Gasteiger partial charge in [-0.15, -0.1) is 0 Å². The van der Waals surface area contributed by atoms with Gasteiger partial charge in [-0.2, -0.15) is 5.26 Å². The van der Waals surface area contributed by atoms with E-state index in [0.717, 1.165) is 23.2 Å². The third-order valence-electron chi connectivity index (χ3n) is 6.37. The Kier molecular flexibility index (Phi) is 10.3. The highest BCUT2D eigenvalue weighted by Gasteiger charge is 2.24. The van der Waals surface area contributed by atoms with E-state index in [9.17, 15) is 4.79 Å². The van der Waals surface area contributed by atoms with Gasteiger partial charge >= 0.3 is 0 Å². The smallest absolute Gasteiger partial charge is 0.226 e. The van der Waals surface area contributed by atoms with Crippen LogP contribution in [0.15, 0.2) is 55.0 Å². The van der Waals surface area contributed by atoms with Crippen LogP contribution in [0.25, 0.3) is 0 Å². The average Bonchev–Trinajstić information content (AvgIpc) is 3.31.